The average Bonchev–Trinajstić information content (AvgIpc) is 2.79. The van der Waals surface area contributed by atoms with Gasteiger partial charge in [0.25, 0.3) is 11.6 Å². The first-order valence-corrected chi connectivity index (χ1v) is 10.6. The van der Waals surface area contributed by atoms with Crippen LogP contribution in [-0.2, 0) is 43.0 Å². The molecule has 2 amide bonds. The molecule has 1 aliphatic heterocycles. The number of oxime groups is 1. The number of carbonyl (C=O) groups is 5. The van der Waals surface area contributed by atoms with Crippen molar-refractivity contribution in [3.8, 4) is 0 Å². The Balaban J connectivity index is 2.34. The molecule has 200 valence electrons. The van der Waals surface area contributed by atoms with Crippen molar-refractivity contribution >= 4 is 47.2 Å². The van der Waals surface area contributed by atoms with Gasteiger partial charge in [-0.2, -0.15) is 0 Å². The van der Waals surface area contributed by atoms with Gasteiger partial charge in [-0.1, -0.05) is 0 Å². The summed E-state index contributed by atoms with van der Waals surface area (Å²) in [5, 5.41) is 19.0. The van der Waals surface area contributed by atoms with Crippen LogP contribution in [0.15, 0.2) is 29.4 Å². The molecule has 2 rings (SSSR count). The van der Waals surface area contributed by atoms with Crippen molar-refractivity contribution in [2.24, 2.45) is 5.16 Å². The lowest BCUT2D eigenvalue weighted by Crippen LogP contribution is -2.64. The summed E-state index contributed by atoms with van der Waals surface area (Å²) in [6.45, 7) is 3.92. The molecule has 0 radical (unpaired) electrons. The van der Waals surface area contributed by atoms with Crippen LogP contribution in [0.25, 0.3) is 0 Å². The van der Waals surface area contributed by atoms with E-state index in [0.29, 0.717) is 0 Å². The number of esters is 3. The van der Waals surface area contributed by atoms with Crippen LogP contribution >= 0.6 is 0 Å². The zero-order valence-electron chi connectivity index (χ0n) is 20.1. The SMILES string of the molecule is CC(=O)NC1C(=NOC(=O)Nc2ccc([N+](=O)[O-])cc2)OC(COC(C)=O)C(OC(C)=O)C1OC(C)=O. The highest BCUT2D eigenvalue weighted by atomic mass is 16.7. The van der Waals surface area contributed by atoms with Crippen LogP contribution in [0.1, 0.15) is 27.7 Å². The minimum Gasteiger partial charge on any atom is -0.466 e. The van der Waals surface area contributed by atoms with Gasteiger partial charge in [0.05, 0.1) is 4.92 Å². The van der Waals surface area contributed by atoms with Gasteiger partial charge in [0.1, 0.15) is 12.6 Å². The lowest BCUT2D eigenvalue weighted by atomic mass is 9.96. The van der Waals surface area contributed by atoms with E-state index in [0.717, 1.165) is 39.8 Å². The molecule has 1 aliphatic rings. The number of hydrogen-bond donors (Lipinski definition) is 2. The zero-order chi connectivity index (χ0) is 27.7. The van der Waals surface area contributed by atoms with Gasteiger partial charge in [-0.25, -0.2) is 4.79 Å². The highest BCUT2D eigenvalue weighted by Crippen LogP contribution is 2.25. The molecule has 16 heteroatoms. The number of nitrogens with one attached hydrogen (secondary N) is 2. The first kappa shape index (κ1) is 28.5. The number of rotatable bonds is 8. The van der Waals surface area contributed by atoms with E-state index >= 15 is 0 Å². The van der Waals surface area contributed by atoms with Gasteiger partial charge in [0, 0.05) is 45.5 Å². The standard InChI is InChI=1S/C21H24N4O12/c1-10(26)22-17-19(35-13(4)29)18(34-12(3)28)16(9-33-11(2)27)36-20(17)24-37-21(30)23-14-5-7-15(8-6-14)25(31)32/h5-8,16-19H,9H2,1-4H3,(H,22,26)(H,23,30). The third-order valence-electron chi connectivity index (χ3n) is 4.51. The van der Waals surface area contributed by atoms with E-state index in [9.17, 15) is 34.1 Å². The first-order valence-electron chi connectivity index (χ1n) is 10.6. The summed E-state index contributed by atoms with van der Waals surface area (Å²) in [6, 6.07) is 3.42. The highest BCUT2D eigenvalue weighted by Gasteiger charge is 2.50. The van der Waals surface area contributed by atoms with Crippen LogP contribution < -0.4 is 10.6 Å². The number of non-ortho nitro benzene ring substituents is 1. The summed E-state index contributed by atoms with van der Waals surface area (Å²) in [5.41, 5.74) is -0.0650. The number of nitrogens with zero attached hydrogens (tertiary/aromatic N) is 2. The molecular formula is C21H24N4O12. The molecule has 0 saturated carbocycles. The Labute approximate surface area is 209 Å². The molecule has 4 unspecified atom stereocenters. The van der Waals surface area contributed by atoms with E-state index in [1.807, 2.05) is 0 Å². The second-order valence-corrected chi connectivity index (χ2v) is 7.52. The molecule has 0 aliphatic carbocycles. The van der Waals surface area contributed by atoms with Crippen molar-refractivity contribution < 1.29 is 52.7 Å². The number of hydrogen-bond acceptors (Lipinski definition) is 13. The lowest BCUT2D eigenvalue weighted by molar-refractivity contribution is -0.384. The van der Waals surface area contributed by atoms with Gasteiger partial charge in [-0.3, -0.25) is 39.4 Å². The summed E-state index contributed by atoms with van der Waals surface area (Å²) in [5.74, 6) is -3.41. The highest BCUT2D eigenvalue weighted by molar-refractivity contribution is 5.90. The predicted octanol–water partition coefficient (Wildman–Crippen LogP) is 0.787. The van der Waals surface area contributed by atoms with E-state index < -0.39 is 71.7 Å². The summed E-state index contributed by atoms with van der Waals surface area (Å²) in [6.07, 6.45) is -5.19. The van der Waals surface area contributed by atoms with Crippen LogP contribution in [0.5, 0.6) is 0 Å². The van der Waals surface area contributed by atoms with Crippen molar-refractivity contribution in [2.75, 3.05) is 11.9 Å². The van der Waals surface area contributed by atoms with Crippen molar-refractivity contribution in [1.82, 2.24) is 5.32 Å². The second kappa shape index (κ2) is 12.8. The Morgan fingerprint density at radius 1 is 0.973 bits per heavy atom. The summed E-state index contributed by atoms with van der Waals surface area (Å²) in [7, 11) is 0. The monoisotopic (exact) mass is 524 g/mol. The fourth-order valence-electron chi connectivity index (χ4n) is 3.16. The van der Waals surface area contributed by atoms with Gasteiger partial charge >= 0.3 is 24.0 Å². The smallest absolute Gasteiger partial charge is 0.437 e. The quantitative estimate of drug-likeness (QED) is 0.159. The number of carbonyl (C=O) groups excluding carboxylic acids is 5. The molecule has 2 N–H and O–H groups in total. The van der Waals surface area contributed by atoms with Gasteiger partial charge in [-0.05, 0) is 17.3 Å². The van der Waals surface area contributed by atoms with E-state index in [2.05, 4.69) is 15.8 Å². The zero-order valence-corrected chi connectivity index (χ0v) is 20.1. The number of ether oxygens (including phenoxy) is 4. The topological polar surface area (TPSA) is 211 Å². The maximum atomic E-state index is 12.2. The minimum absolute atomic E-state index is 0.138. The normalized spacial score (nSPS) is 21.6. The molecule has 0 aromatic heterocycles. The number of benzene rings is 1. The Morgan fingerprint density at radius 3 is 2.08 bits per heavy atom. The largest absolute Gasteiger partial charge is 0.466 e. The number of nitro benzene ring substituents is 1. The Kier molecular flexibility index (Phi) is 9.85. The van der Waals surface area contributed by atoms with Crippen molar-refractivity contribution in [2.45, 2.75) is 52.0 Å². The summed E-state index contributed by atoms with van der Waals surface area (Å²) < 4.78 is 21.1. The minimum atomic E-state index is -1.42. The number of nitro groups is 1. The van der Waals surface area contributed by atoms with Crippen molar-refractivity contribution in [1.29, 1.82) is 0 Å². The average molecular weight is 524 g/mol. The Bertz CT molecular complexity index is 1090. The molecule has 0 spiro atoms. The van der Waals surface area contributed by atoms with Gasteiger partial charge < -0.3 is 24.3 Å². The maximum Gasteiger partial charge on any atom is 0.437 e. The van der Waals surface area contributed by atoms with Crippen LogP contribution in [0.4, 0.5) is 16.2 Å². The van der Waals surface area contributed by atoms with Crippen LogP contribution in [0, 0.1) is 10.1 Å². The van der Waals surface area contributed by atoms with Crippen LogP contribution in [0.3, 0.4) is 0 Å². The second-order valence-electron chi connectivity index (χ2n) is 7.52. The molecule has 1 aromatic carbocycles. The van der Waals surface area contributed by atoms with E-state index in [1.54, 1.807) is 0 Å². The molecular weight excluding hydrogens is 500 g/mol. The Morgan fingerprint density at radius 2 is 1.57 bits per heavy atom. The van der Waals surface area contributed by atoms with Crippen LogP contribution in [-0.4, -0.2) is 71.7 Å². The fourth-order valence-corrected chi connectivity index (χ4v) is 3.16. The van der Waals surface area contributed by atoms with Crippen molar-refractivity contribution in [3.63, 3.8) is 0 Å². The molecule has 1 heterocycles. The van der Waals surface area contributed by atoms with E-state index in [-0.39, 0.29) is 11.4 Å². The Hall–Kier alpha value is -4.76. The molecule has 16 nitrogen and oxygen atoms in total. The maximum absolute atomic E-state index is 12.2. The molecule has 4 atom stereocenters. The summed E-state index contributed by atoms with van der Waals surface area (Å²) >= 11 is 0. The summed E-state index contributed by atoms with van der Waals surface area (Å²) in [4.78, 5) is 73.9. The molecule has 1 aromatic rings. The fraction of sp³-hybridized carbons (Fsp3) is 0.429. The molecule has 1 saturated heterocycles. The van der Waals surface area contributed by atoms with Gasteiger partial charge in [0.15, 0.2) is 18.3 Å². The van der Waals surface area contributed by atoms with Gasteiger partial charge in [0.2, 0.25) is 5.91 Å². The van der Waals surface area contributed by atoms with E-state index in [1.165, 1.54) is 12.1 Å². The number of anilines is 1. The first-order chi connectivity index (χ1) is 17.4. The lowest BCUT2D eigenvalue weighted by Gasteiger charge is -2.41. The van der Waals surface area contributed by atoms with Gasteiger partial charge in [-0.15, -0.1) is 0 Å². The molecule has 1 fully saturated rings. The molecule has 37 heavy (non-hydrogen) atoms. The predicted molar refractivity (Wildman–Crippen MR) is 121 cm³/mol. The third kappa shape index (κ3) is 8.75. The van der Waals surface area contributed by atoms with E-state index in [4.69, 9.17) is 23.8 Å². The third-order valence-corrected chi connectivity index (χ3v) is 4.51. The number of amides is 2. The molecule has 0 bridgehead atoms. The van der Waals surface area contributed by atoms with Crippen molar-refractivity contribution in [3.05, 3.63) is 34.4 Å². The van der Waals surface area contributed by atoms with Crippen LogP contribution in [0.2, 0.25) is 0 Å².